The highest BCUT2D eigenvalue weighted by Crippen LogP contribution is 2.29. The molecule has 29 heavy (non-hydrogen) atoms. The summed E-state index contributed by atoms with van der Waals surface area (Å²) in [5.74, 6) is -0.671. The average molecular weight is 439 g/mol. The molecule has 154 valence electrons. The number of hydrogen-bond donors (Lipinski definition) is 2. The lowest BCUT2D eigenvalue weighted by molar-refractivity contribution is -0.120. The fourth-order valence-corrected chi connectivity index (χ4v) is 3.38. The summed E-state index contributed by atoms with van der Waals surface area (Å²) in [5, 5.41) is 6.23. The van der Waals surface area contributed by atoms with Gasteiger partial charge in [0.25, 0.3) is 0 Å². The van der Waals surface area contributed by atoms with Crippen LogP contribution in [0.15, 0.2) is 42.5 Å². The summed E-state index contributed by atoms with van der Waals surface area (Å²) in [5.41, 5.74) is 1.05. The molecule has 1 heterocycles. The summed E-state index contributed by atoms with van der Waals surface area (Å²) in [6.07, 6.45) is 0. The highest BCUT2D eigenvalue weighted by atomic mass is 35.5. The standard InChI is InChI=1S/C20H21Cl2FN4O2/c21-16-2-1-3-17(20(16)22)25-19(29)13-27-10-8-26(9-11-27)12-18(28)24-15-6-4-14(23)5-7-15/h1-7H,8-13H2,(H,24,28)(H,25,29). The minimum absolute atomic E-state index is 0.154. The van der Waals surface area contributed by atoms with Crippen molar-refractivity contribution in [3.8, 4) is 0 Å². The maximum absolute atomic E-state index is 12.9. The summed E-state index contributed by atoms with van der Waals surface area (Å²) in [6, 6.07) is 10.7. The number of hydrogen-bond acceptors (Lipinski definition) is 4. The minimum Gasteiger partial charge on any atom is -0.325 e. The summed E-state index contributed by atoms with van der Waals surface area (Å²) in [6.45, 7) is 3.15. The van der Waals surface area contributed by atoms with Crippen LogP contribution in [0.4, 0.5) is 15.8 Å². The fraction of sp³-hybridized carbons (Fsp3) is 0.300. The number of nitrogens with one attached hydrogen (secondary N) is 2. The predicted octanol–water partition coefficient (Wildman–Crippen LogP) is 3.33. The van der Waals surface area contributed by atoms with Gasteiger partial charge in [-0.05, 0) is 36.4 Å². The van der Waals surface area contributed by atoms with E-state index in [0.717, 1.165) is 0 Å². The molecule has 0 atom stereocenters. The van der Waals surface area contributed by atoms with Crippen molar-refractivity contribution in [2.24, 2.45) is 0 Å². The lowest BCUT2D eigenvalue weighted by Crippen LogP contribution is -2.50. The van der Waals surface area contributed by atoms with Gasteiger partial charge in [0, 0.05) is 31.9 Å². The van der Waals surface area contributed by atoms with E-state index >= 15 is 0 Å². The molecule has 0 radical (unpaired) electrons. The van der Waals surface area contributed by atoms with E-state index in [1.807, 2.05) is 9.80 Å². The predicted molar refractivity (Wildman–Crippen MR) is 113 cm³/mol. The van der Waals surface area contributed by atoms with E-state index in [9.17, 15) is 14.0 Å². The van der Waals surface area contributed by atoms with Crippen LogP contribution in [-0.4, -0.2) is 60.9 Å². The number of piperazine rings is 1. The van der Waals surface area contributed by atoms with Crippen LogP contribution in [0.3, 0.4) is 0 Å². The Balaban J connectivity index is 1.40. The Morgan fingerprint density at radius 2 is 1.41 bits per heavy atom. The Labute approximate surface area is 178 Å². The van der Waals surface area contributed by atoms with E-state index in [4.69, 9.17) is 23.2 Å². The first kappa shape index (κ1) is 21.5. The van der Waals surface area contributed by atoms with Crippen molar-refractivity contribution in [1.82, 2.24) is 9.80 Å². The molecule has 0 spiro atoms. The van der Waals surface area contributed by atoms with E-state index in [1.54, 1.807) is 18.2 Å². The average Bonchev–Trinajstić information content (AvgIpc) is 2.69. The second-order valence-corrected chi connectivity index (χ2v) is 7.54. The number of carbonyl (C=O) groups is 2. The zero-order valence-corrected chi connectivity index (χ0v) is 17.1. The van der Waals surface area contributed by atoms with Crippen LogP contribution < -0.4 is 10.6 Å². The lowest BCUT2D eigenvalue weighted by Gasteiger charge is -2.33. The second kappa shape index (κ2) is 10.0. The molecule has 6 nitrogen and oxygen atoms in total. The van der Waals surface area contributed by atoms with Gasteiger partial charge in [0.15, 0.2) is 0 Å². The highest BCUT2D eigenvalue weighted by Gasteiger charge is 2.21. The molecule has 0 aromatic heterocycles. The number of benzene rings is 2. The van der Waals surface area contributed by atoms with Crippen molar-refractivity contribution in [1.29, 1.82) is 0 Å². The topological polar surface area (TPSA) is 64.7 Å². The zero-order valence-electron chi connectivity index (χ0n) is 15.6. The van der Waals surface area contributed by atoms with Crippen molar-refractivity contribution >= 4 is 46.4 Å². The van der Waals surface area contributed by atoms with E-state index in [-0.39, 0.29) is 30.7 Å². The molecule has 1 saturated heterocycles. The number of amides is 2. The number of halogens is 3. The first-order valence-electron chi connectivity index (χ1n) is 9.15. The van der Waals surface area contributed by atoms with Crippen LogP contribution in [-0.2, 0) is 9.59 Å². The van der Waals surface area contributed by atoms with E-state index in [0.29, 0.717) is 47.6 Å². The molecule has 1 fully saturated rings. The normalized spacial score (nSPS) is 15.1. The first-order chi connectivity index (χ1) is 13.9. The molecule has 0 unspecified atom stereocenters. The van der Waals surface area contributed by atoms with Gasteiger partial charge in [0.1, 0.15) is 5.82 Å². The highest BCUT2D eigenvalue weighted by molar-refractivity contribution is 6.44. The second-order valence-electron chi connectivity index (χ2n) is 6.76. The molecule has 0 bridgehead atoms. The van der Waals surface area contributed by atoms with E-state index < -0.39 is 0 Å². The Bertz CT molecular complexity index is 871. The molecular formula is C20H21Cl2FN4O2. The van der Waals surface area contributed by atoms with Crippen LogP contribution >= 0.6 is 23.2 Å². The van der Waals surface area contributed by atoms with Gasteiger partial charge in [0.2, 0.25) is 11.8 Å². The first-order valence-corrected chi connectivity index (χ1v) is 9.90. The largest absolute Gasteiger partial charge is 0.325 e. The van der Waals surface area contributed by atoms with Gasteiger partial charge in [-0.15, -0.1) is 0 Å². The third-order valence-electron chi connectivity index (χ3n) is 4.55. The van der Waals surface area contributed by atoms with Gasteiger partial charge < -0.3 is 10.6 Å². The number of anilines is 2. The van der Waals surface area contributed by atoms with E-state index in [2.05, 4.69) is 10.6 Å². The van der Waals surface area contributed by atoms with Crippen molar-refractivity contribution in [2.75, 3.05) is 49.9 Å². The molecule has 2 aromatic carbocycles. The van der Waals surface area contributed by atoms with Gasteiger partial charge in [-0.25, -0.2) is 4.39 Å². The van der Waals surface area contributed by atoms with Gasteiger partial charge in [-0.2, -0.15) is 0 Å². The van der Waals surface area contributed by atoms with Crippen molar-refractivity contribution in [2.45, 2.75) is 0 Å². The molecule has 3 rings (SSSR count). The number of rotatable bonds is 6. The molecule has 0 saturated carbocycles. The molecule has 2 aromatic rings. The monoisotopic (exact) mass is 438 g/mol. The van der Waals surface area contributed by atoms with Crippen LogP contribution in [0.2, 0.25) is 10.0 Å². The quantitative estimate of drug-likeness (QED) is 0.725. The molecule has 1 aliphatic rings. The van der Waals surface area contributed by atoms with Gasteiger partial charge in [-0.3, -0.25) is 19.4 Å². The number of nitrogens with zero attached hydrogens (tertiary/aromatic N) is 2. The minimum atomic E-state index is -0.346. The maximum atomic E-state index is 12.9. The maximum Gasteiger partial charge on any atom is 0.238 e. The van der Waals surface area contributed by atoms with Gasteiger partial charge in [-0.1, -0.05) is 29.3 Å². The molecule has 1 aliphatic heterocycles. The smallest absolute Gasteiger partial charge is 0.238 e. The summed E-state index contributed by atoms with van der Waals surface area (Å²) < 4.78 is 12.9. The van der Waals surface area contributed by atoms with E-state index in [1.165, 1.54) is 24.3 Å². The third-order valence-corrected chi connectivity index (χ3v) is 5.37. The summed E-state index contributed by atoms with van der Waals surface area (Å²) in [7, 11) is 0. The molecule has 2 amide bonds. The SMILES string of the molecule is O=C(CN1CCN(CC(=O)Nc2cccc(Cl)c2Cl)CC1)Nc1ccc(F)cc1. The lowest BCUT2D eigenvalue weighted by atomic mass is 10.2. The van der Waals surface area contributed by atoms with Crippen LogP contribution in [0.1, 0.15) is 0 Å². The van der Waals surface area contributed by atoms with Gasteiger partial charge >= 0.3 is 0 Å². The Morgan fingerprint density at radius 3 is 2.00 bits per heavy atom. The van der Waals surface area contributed by atoms with Crippen LogP contribution in [0.5, 0.6) is 0 Å². The summed E-state index contributed by atoms with van der Waals surface area (Å²) in [4.78, 5) is 28.4. The van der Waals surface area contributed by atoms with Crippen molar-refractivity contribution < 1.29 is 14.0 Å². The third kappa shape index (κ3) is 6.40. The zero-order chi connectivity index (χ0) is 20.8. The molecule has 9 heteroatoms. The van der Waals surface area contributed by atoms with Crippen molar-refractivity contribution in [3.05, 3.63) is 58.3 Å². The Morgan fingerprint density at radius 1 is 0.862 bits per heavy atom. The summed E-state index contributed by atoms with van der Waals surface area (Å²) >= 11 is 12.0. The Kier molecular flexibility index (Phi) is 7.44. The molecular weight excluding hydrogens is 418 g/mol. The van der Waals surface area contributed by atoms with Crippen molar-refractivity contribution in [3.63, 3.8) is 0 Å². The molecule has 0 aliphatic carbocycles. The molecule has 2 N–H and O–H groups in total. The van der Waals surface area contributed by atoms with Crippen LogP contribution in [0, 0.1) is 5.82 Å². The fourth-order valence-electron chi connectivity index (χ4n) is 3.04. The number of carbonyl (C=O) groups excluding carboxylic acids is 2. The van der Waals surface area contributed by atoms with Crippen LogP contribution in [0.25, 0.3) is 0 Å². The Hall–Kier alpha value is -2.19. The van der Waals surface area contributed by atoms with Gasteiger partial charge in [0.05, 0.1) is 28.8 Å².